The molecule has 0 aliphatic rings. The first-order valence-corrected chi connectivity index (χ1v) is 8.45. The molecule has 1 heterocycles. The first-order chi connectivity index (χ1) is 12.6. The van der Waals surface area contributed by atoms with Crippen LogP contribution in [0.15, 0.2) is 35.6 Å². The highest BCUT2D eigenvalue weighted by molar-refractivity contribution is 14.0. The Bertz CT molecular complexity index is 721. The Balaban J connectivity index is 0.00000364. The van der Waals surface area contributed by atoms with Gasteiger partial charge in [0, 0.05) is 57.3 Å². The SMILES string of the molecule is CN=C(NCCc1c(OC)cc(OC)cc1OC)NCc1ccn(C)c1.I. The van der Waals surface area contributed by atoms with E-state index in [1.54, 1.807) is 28.4 Å². The lowest BCUT2D eigenvalue weighted by Crippen LogP contribution is -2.37. The third-order valence-electron chi connectivity index (χ3n) is 4.06. The average Bonchev–Trinajstić information content (AvgIpc) is 3.09. The van der Waals surface area contributed by atoms with E-state index in [4.69, 9.17) is 14.2 Å². The second kappa shape index (κ2) is 11.6. The van der Waals surface area contributed by atoms with Crippen molar-refractivity contribution in [2.75, 3.05) is 34.9 Å². The molecule has 27 heavy (non-hydrogen) atoms. The molecule has 1 aromatic heterocycles. The lowest BCUT2D eigenvalue weighted by molar-refractivity contribution is 0.368. The highest BCUT2D eigenvalue weighted by Crippen LogP contribution is 2.34. The Morgan fingerprint density at radius 1 is 1.07 bits per heavy atom. The number of hydrogen-bond acceptors (Lipinski definition) is 4. The molecule has 0 aliphatic carbocycles. The highest BCUT2D eigenvalue weighted by atomic mass is 127. The Hall–Kier alpha value is -2.10. The minimum Gasteiger partial charge on any atom is -0.496 e. The second-order valence-corrected chi connectivity index (χ2v) is 5.80. The zero-order valence-electron chi connectivity index (χ0n) is 16.5. The van der Waals surface area contributed by atoms with Gasteiger partial charge in [0.25, 0.3) is 0 Å². The van der Waals surface area contributed by atoms with E-state index in [2.05, 4.69) is 27.9 Å². The predicted octanol–water partition coefficient (Wildman–Crippen LogP) is 2.58. The average molecular weight is 488 g/mol. The summed E-state index contributed by atoms with van der Waals surface area (Å²) in [6, 6.07) is 5.80. The van der Waals surface area contributed by atoms with Gasteiger partial charge in [0.2, 0.25) is 0 Å². The number of ether oxygens (including phenoxy) is 3. The van der Waals surface area contributed by atoms with Crippen LogP contribution in [0.25, 0.3) is 0 Å². The topological polar surface area (TPSA) is 69.0 Å². The van der Waals surface area contributed by atoms with Crippen molar-refractivity contribution in [3.63, 3.8) is 0 Å². The van der Waals surface area contributed by atoms with Gasteiger partial charge >= 0.3 is 0 Å². The van der Waals surface area contributed by atoms with Gasteiger partial charge in [0.15, 0.2) is 5.96 Å². The van der Waals surface area contributed by atoms with Crippen molar-refractivity contribution in [1.29, 1.82) is 0 Å². The van der Waals surface area contributed by atoms with Gasteiger partial charge in [0.05, 0.1) is 21.3 Å². The van der Waals surface area contributed by atoms with E-state index in [9.17, 15) is 0 Å². The first kappa shape index (κ1) is 22.9. The molecule has 0 fully saturated rings. The molecule has 0 unspecified atom stereocenters. The molecular formula is C19H29IN4O3. The molecule has 0 amide bonds. The summed E-state index contributed by atoms with van der Waals surface area (Å²) in [5.41, 5.74) is 2.19. The summed E-state index contributed by atoms with van der Waals surface area (Å²) < 4.78 is 18.3. The molecule has 2 aromatic rings. The summed E-state index contributed by atoms with van der Waals surface area (Å²) in [6.07, 6.45) is 4.82. The number of aliphatic imine (C=N–C) groups is 1. The molecule has 2 rings (SSSR count). The molecular weight excluding hydrogens is 459 g/mol. The van der Waals surface area contributed by atoms with Crippen LogP contribution in [0.2, 0.25) is 0 Å². The molecule has 1 aromatic carbocycles. The maximum Gasteiger partial charge on any atom is 0.191 e. The van der Waals surface area contributed by atoms with Gasteiger partial charge in [-0.1, -0.05) is 0 Å². The van der Waals surface area contributed by atoms with E-state index < -0.39 is 0 Å². The fourth-order valence-electron chi connectivity index (χ4n) is 2.70. The predicted molar refractivity (Wildman–Crippen MR) is 119 cm³/mol. The van der Waals surface area contributed by atoms with E-state index in [1.807, 2.05) is 29.9 Å². The van der Waals surface area contributed by atoms with E-state index in [-0.39, 0.29) is 24.0 Å². The van der Waals surface area contributed by atoms with Crippen LogP contribution >= 0.6 is 24.0 Å². The summed E-state index contributed by atoms with van der Waals surface area (Å²) in [5.74, 6) is 2.95. The molecule has 0 aliphatic heterocycles. The fourth-order valence-corrected chi connectivity index (χ4v) is 2.70. The number of aryl methyl sites for hydroxylation is 1. The minimum absolute atomic E-state index is 0. The number of nitrogens with zero attached hydrogens (tertiary/aromatic N) is 2. The summed E-state index contributed by atoms with van der Waals surface area (Å²) in [5, 5.41) is 6.62. The number of halogens is 1. The van der Waals surface area contributed by atoms with E-state index in [1.165, 1.54) is 5.56 Å². The van der Waals surface area contributed by atoms with E-state index in [0.717, 1.165) is 36.0 Å². The molecule has 7 nitrogen and oxygen atoms in total. The van der Waals surface area contributed by atoms with Crippen LogP contribution in [0.3, 0.4) is 0 Å². The monoisotopic (exact) mass is 488 g/mol. The highest BCUT2D eigenvalue weighted by Gasteiger charge is 2.13. The lowest BCUT2D eigenvalue weighted by atomic mass is 10.1. The standard InChI is InChI=1S/C19H28N4O3.HI/c1-20-19(22-12-14-7-9-23(2)13-14)21-8-6-16-17(25-4)10-15(24-3)11-18(16)26-5;/h7,9-11,13H,6,8,12H2,1-5H3,(H2,20,21,22);1H. The molecule has 2 N–H and O–H groups in total. The second-order valence-electron chi connectivity index (χ2n) is 5.80. The number of benzene rings is 1. The minimum atomic E-state index is 0. The van der Waals surface area contributed by atoms with Gasteiger partial charge in [-0.3, -0.25) is 4.99 Å². The van der Waals surface area contributed by atoms with Crippen molar-refractivity contribution >= 4 is 29.9 Å². The van der Waals surface area contributed by atoms with Crippen LogP contribution in [0, 0.1) is 0 Å². The molecule has 0 saturated carbocycles. The fraction of sp³-hybridized carbons (Fsp3) is 0.421. The largest absolute Gasteiger partial charge is 0.496 e. The van der Waals surface area contributed by atoms with Crippen LogP contribution in [-0.2, 0) is 20.0 Å². The van der Waals surface area contributed by atoms with Crippen LogP contribution in [0.5, 0.6) is 17.2 Å². The molecule has 0 bridgehead atoms. The summed E-state index contributed by atoms with van der Waals surface area (Å²) in [6.45, 7) is 1.41. The van der Waals surface area contributed by atoms with Crippen LogP contribution in [-0.4, -0.2) is 45.4 Å². The van der Waals surface area contributed by atoms with Gasteiger partial charge in [-0.2, -0.15) is 0 Å². The number of rotatable bonds is 8. The Morgan fingerprint density at radius 2 is 1.74 bits per heavy atom. The third kappa shape index (κ3) is 6.53. The third-order valence-corrected chi connectivity index (χ3v) is 4.06. The van der Waals surface area contributed by atoms with Gasteiger partial charge in [0.1, 0.15) is 17.2 Å². The summed E-state index contributed by atoms with van der Waals surface area (Å²) in [4.78, 5) is 4.26. The maximum atomic E-state index is 5.49. The van der Waals surface area contributed by atoms with Crippen molar-refractivity contribution in [1.82, 2.24) is 15.2 Å². The Morgan fingerprint density at radius 3 is 2.22 bits per heavy atom. The molecule has 0 radical (unpaired) electrons. The van der Waals surface area contributed by atoms with E-state index in [0.29, 0.717) is 12.3 Å². The Kier molecular flexibility index (Phi) is 9.84. The lowest BCUT2D eigenvalue weighted by Gasteiger charge is -2.16. The van der Waals surface area contributed by atoms with Gasteiger partial charge in [-0.05, 0) is 18.1 Å². The molecule has 0 atom stereocenters. The number of hydrogen-bond donors (Lipinski definition) is 2. The number of aromatic nitrogens is 1. The maximum absolute atomic E-state index is 5.49. The molecule has 8 heteroatoms. The van der Waals surface area contributed by atoms with Crippen molar-refractivity contribution in [2.45, 2.75) is 13.0 Å². The van der Waals surface area contributed by atoms with Crippen molar-refractivity contribution in [3.8, 4) is 17.2 Å². The van der Waals surface area contributed by atoms with Crippen LogP contribution < -0.4 is 24.8 Å². The smallest absolute Gasteiger partial charge is 0.191 e. The van der Waals surface area contributed by atoms with Gasteiger partial charge in [-0.15, -0.1) is 24.0 Å². The van der Waals surface area contributed by atoms with Crippen molar-refractivity contribution in [3.05, 3.63) is 41.7 Å². The zero-order valence-corrected chi connectivity index (χ0v) is 18.9. The van der Waals surface area contributed by atoms with E-state index >= 15 is 0 Å². The molecule has 0 spiro atoms. The van der Waals surface area contributed by atoms with Gasteiger partial charge in [-0.25, -0.2) is 0 Å². The van der Waals surface area contributed by atoms with Crippen LogP contribution in [0.1, 0.15) is 11.1 Å². The quantitative estimate of drug-likeness (QED) is 0.340. The molecule has 150 valence electrons. The number of methoxy groups -OCH3 is 3. The number of nitrogens with one attached hydrogen (secondary N) is 2. The van der Waals surface area contributed by atoms with Crippen molar-refractivity contribution < 1.29 is 14.2 Å². The van der Waals surface area contributed by atoms with Crippen LogP contribution in [0.4, 0.5) is 0 Å². The van der Waals surface area contributed by atoms with Gasteiger partial charge < -0.3 is 29.4 Å². The molecule has 0 saturated heterocycles. The normalized spacial score (nSPS) is 10.8. The number of guanidine groups is 1. The zero-order chi connectivity index (χ0) is 18.9. The van der Waals surface area contributed by atoms with Crippen molar-refractivity contribution in [2.24, 2.45) is 12.0 Å². The Labute approximate surface area is 178 Å². The first-order valence-electron chi connectivity index (χ1n) is 8.45. The summed E-state index contributed by atoms with van der Waals surface area (Å²) >= 11 is 0. The summed E-state index contributed by atoms with van der Waals surface area (Å²) in [7, 11) is 8.68.